The van der Waals surface area contributed by atoms with Crippen LogP contribution >= 0.6 is 0 Å². The van der Waals surface area contributed by atoms with Crippen molar-refractivity contribution in [2.24, 2.45) is 0 Å². The molecule has 0 aliphatic heterocycles. The highest BCUT2D eigenvalue weighted by molar-refractivity contribution is 5.89. The number of anilines is 1. The molecule has 1 heterocycles. The smallest absolute Gasteiger partial charge is 0.137 e. The first-order valence-corrected chi connectivity index (χ1v) is 7.29. The zero-order chi connectivity index (χ0) is 14.7. The fourth-order valence-corrected chi connectivity index (χ4v) is 2.36. The summed E-state index contributed by atoms with van der Waals surface area (Å²) in [5.74, 6) is 0.899. The molecule has 0 saturated heterocycles. The molecule has 3 aromatic rings. The van der Waals surface area contributed by atoms with E-state index in [1.54, 1.807) is 6.33 Å². The lowest BCUT2D eigenvalue weighted by Gasteiger charge is -2.09. The molecule has 0 fully saturated rings. The van der Waals surface area contributed by atoms with E-state index in [0.29, 0.717) is 0 Å². The summed E-state index contributed by atoms with van der Waals surface area (Å²) in [6.45, 7) is 5.02. The van der Waals surface area contributed by atoms with E-state index in [4.69, 9.17) is 0 Å². The summed E-state index contributed by atoms with van der Waals surface area (Å²) in [6, 6.07) is 14.9. The van der Waals surface area contributed by atoms with Crippen molar-refractivity contribution in [2.45, 2.75) is 26.8 Å². The summed E-state index contributed by atoms with van der Waals surface area (Å²) in [5, 5.41) is 4.51. The zero-order valence-corrected chi connectivity index (χ0v) is 12.4. The third-order valence-corrected chi connectivity index (χ3v) is 3.69. The fourth-order valence-electron chi connectivity index (χ4n) is 2.36. The molecule has 0 atom stereocenters. The van der Waals surface area contributed by atoms with Crippen LogP contribution in [-0.2, 0) is 13.0 Å². The molecule has 0 saturated carbocycles. The van der Waals surface area contributed by atoms with E-state index in [0.717, 1.165) is 29.7 Å². The highest BCUT2D eigenvalue weighted by Gasteiger charge is 2.04. The number of hydrogen-bond donors (Lipinski definition) is 1. The summed E-state index contributed by atoms with van der Waals surface area (Å²) in [5.41, 5.74) is 4.81. The topological polar surface area (TPSA) is 37.8 Å². The van der Waals surface area contributed by atoms with E-state index in [-0.39, 0.29) is 0 Å². The second-order valence-corrected chi connectivity index (χ2v) is 5.27. The van der Waals surface area contributed by atoms with Gasteiger partial charge in [0, 0.05) is 11.9 Å². The Morgan fingerprint density at radius 1 is 0.952 bits per heavy atom. The van der Waals surface area contributed by atoms with Crippen LogP contribution in [0.15, 0.2) is 48.8 Å². The van der Waals surface area contributed by atoms with Gasteiger partial charge in [-0.05, 0) is 36.6 Å². The molecule has 0 spiro atoms. The van der Waals surface area contributed by atoms with Gasteiger partial charge < -0.3 is 5.32 Å². The largest absolute Gasteiger partial charge is 0.365 e. The van der Waals surface area contributed by atoms with Crippen molar-refractivity contribution in [3.05, 3.63) is 65.5 Å². The number of aryl methyl sites for hydroxylation is 2. The average Bonchev–Trinajstić information content (AvgIpc) is 2.54. The second-order valence-electron chi connectivity index (χ2n) is 5.27. The highest BCUT2D eigenvalue weighted by atomic mass is 15.0. The van der Waals surface area contributed by atoms with Gasteiger partial charge in [-0.1, -0.05) is 42.8 Å². The zero-order valence-electron chi connectivity index (χ0n) is 12.4. The number of rotatable bonds is 4. The normalized spacial score (nSPS) is 10.8. The van der Waals surface area contributed by atoms with Gasteiger partial charge in [-0.2, -0.15) is 0 Å². The number of nitrogens with zero attached hydrogens (tertiary/aromatic N) is 2. The molecule has 0 aliphatic carbocycles. The predicted molar refractivity (Wildman–Crippen MR) is 87.4 cm³/mol. The molecule has 1 N–H and O–H groups in total. The first kappa shape index (κ1) is 13.6. The van der Waals surface area contributed by atoms with Crippen molar-refractivity contribution in [3.8, 4) is 0 Å². The van der Waals surface area contributed by atoms with Gasteiger partial charge in [0.1, 0.15) is 12.1 Å². The fraction of sp³-hybridized carbons (Fsp3) is 0.222. The molecular weight excluding hydrogens is 258 g/mol. The van der Waals surface area contributed by atoms with Crippen molar-refractivity contribution >= 4 is 16.7 Å². The molecule has 3 rings (SSSR count). The van der Waals surface area contributed by atoms with Crippen LogP contribution in [0.3, 0.4) is 0 Å². The first-order chi connectivity index (χ1) is 10.3. The maximum atomic E-state index is 4.39. The second kappa shape index (κ2) is 5.92. The number of fused-ring (bicyclic) bond motifs is 1. The van der Waals surface area contributed by atoms with Crippen LogP contribution in [-0.4, -0.2) is 9.97 Å². The Balaban J connectivity index is 1.87. The number of aromatic nitrogens is 2. The van der Waals surface area contributed by atoms with Crippen LogP contribution in [0.1, 0.15) is 23.6 Å². The molecule has 0 aliphatic rings. The number of nitrogens with one attached hydrogen (secondary N) is 1. The SMILES string of the molecule is CCc1ccc2ncnc(NCc3ccc(C)cc3)c2c1. The molecule has 0 radical (unpaired) electrons. The van der Waals surface area contributed by atoms with Crippen LogP contribution in [0.5, 0.6) is 0 Å². The van der Waals surface area contributed by atoms with Gasteiger partial charge in [0.05, 0.1) is 5.52 Å². The Labute approximate surface area is 125 Å². The van der Waals surface area contributed by atoms with E-state index < -0.39 is 0 Å². The molecule has 1 aromatic heterocycles. The summed E-state index contributed by atoms with van der Waals surface area (Å²) in [6.07, 6.45) is 2.63. The predicted octanol–water partition coefficient (Wildman–Crippen LogP) is 4.11. The van der Waals surface area contributed by atoms with Gasteiger partial charge in [0.15, 0.2) is 0 Å². The van der Waals surface area contributed by atoms with E-state index >= 15 is 0 Å². The quantitative estimate of drug-likeness (QED) is 0.779. The lowest BCUT2D eigenvalue weighted by Crippen LogP contribution is -2.02. The van der Waals surface area contributed by atoms with Crippen molar-refractivity contribution in [1.82, 2.24) is 9.97 Å². The third-order valence-electron chi connectivity index (χ3n) is 3.69. The van der Waals surface area contributed by atoms with Crippen molar-refractivity contribution in [1.29, 1.82) is 0 Å². The Hall–Kier alpha value is -2.42. The van der Waals surface area contributed by atoms with Crippen LogP contribution < -0.4 is 5.32 Å². The molecule has 0 bridgehead atoms. The Morgan fingerprint density at radius 2 is 1.71 bits per heavy atom. The minimum atomic E-state index is 0.767. The van der Waals surface area contributed by atoms with Gasteiger partial charge in [0.2, 0.25) is 0 Å². The molecule has 3 heteroatoms. The molecule has 0 amide bonds. The standard InChI is InChI=1S/C18H19N3/c1-3-14-8-9-17-16(10-14)18(21-12-20-17)19-11-15-6-4-13(2)5-7-15/h4-10,12H,3,11H2,1-2H3,(H,19,20,21). The van der Waals surface area contributed by atoms with Crippen molar-refractivity contribution < 1.29 is 0 Å². The van der Waals surface area contributed by atoms with Crippen LogP contribution in [0, 0.1) is 6.92 Å². The van der Waals surface area contributed by atoms with Crippen LogP contribution in [0.2, 0.25) is 0 Å². The summed E-state index contributed by atoms with van der Waals surface area (Å²) < 4.78 is 0. The molecule has 106 valence electrons. The summed E-state index contributed by atoms with van der Waals surface area (Å²) in [7, 11) is 0. The minimum absolute atomic E-state index is 0.767. The monoisotopic (exact) mass is 277 g/mol. The van der Waals surface area contributed by atoms with Crippen molar-refractivity contribution in [3.63, 3.8) is 0 Å². The van der Waals surface area contributed by atoms with Gasteiger partial charge in [-0.3, -0.25) is 0 Å². The van der Waals surface area contributed by atoms with Gasteiger partial charge in [-0.25, -0.2) is 9.97 Å². The van der Waals surface area contributed by atoms with E-state index in [9.17, 15) is 0 Å². The maximum absolute atomic E-state index is 4.39. The van der Waals surface area contributed by atoms with Gasteiger partial charge in [0.25, 0.3) is 0 Å². The van der Waals surface area contributed by atoms with E-state index in [2.05, 4.69) is 71.6 Å². The number of hydrogen-bond acceptors (Lipinski definition) is 3. The molecule has 2 aromatic carbocycles. The lowest BCUT2D eigenvalue weighted by atomic mass is 10.1. The highest BCUT2D eigenvalue weighted by Crippen LogP contribution is 2.21. The molecule has 0 unspecified atom stereocenters. The Bertz CT molecular complexity index is 748. The Morgan fingerprint density at radius 3 is 2.48 bits per heavy atom. The molecule has 3 nitrogen and oxygen atoms in total. The molecular formula is C18H19N3. The number of benzene rings is 2. The first-order valence-electron chi connectivity index (χ1n) is 7.29. The van der Waals surface area contributed by atoms with Crippen LogP contribution in [0.4, 0.5) is 5.82 Å². The summed E-state index contributed by atoms with van der Waals surface area (Å²) in [4.78, 5) is 8.73. The van der Waals surface area contributed by atoms with Gasteiger partial charge in [-0.15, -0.1) is 0 Å². The third kappa shape index (κ3) is 3.02. The van der Waals surface area contributed by atoms with E-state index in [1.807, 2.05) is 0 Å². The van der Waals surface area contributed by atoms with Crippen molar-refractivity contribution in [2.75, 3.05) is 5.32 Å². The maximum Gasteiger partial charge on any atom is 0.137 e. The van der Waals surface area contributed by atoms with E-state index in [1.165, 1.54) is 16.7 Å². The average molecular weight is 277 g/mol. The lowest BCUT2D eigenvalue weighted by molar-refractivity contribution is 1.09. The Kier molecular flexibility index (Phi) is 3.82. The summed E-state index contributed by atoms with van der Waals surface area (Å²) >= 11 is 0. The minimum Gasteiger partial charge on any atom is -0.365 e. The van der Waals surface area contributed by atoms with Crippen LogP contribution in [0.25, 0.3) is 10.9 Å². The van der Waals surface area contributed by atoms with Gasteiger partial charge >= 0.3 is 0 Å². The molecule has 21 heavy (non-hydrogen) atoms.